The SMILES string of the molecule is O=C(NCc1ccc(Br)cc1)c1ccc(N2CCCC2=O)cc1. The van der Waals surface area contributed by atoms with Gasteiger partial charge in [0, 0.05) is 35.2 Å². The van der Waals surface area contributed by atoms with E-state index >= 15 is 0 Å². The highest BCUT2D eigenvalue weighted by molar-refractivity contribution is 9.10. The Morgan fingerprint density at radius 3 is 2.39 bits per heavy atom. The molecule has 0 aromatic heterocycles. The van der Waals surface area contributed by atoms with Crippen molar-refractivity contribution in [2.75, 3.05) is 11.4 Å². The van der Waals surface area contributed by atoms with Gasteiger partial charge < -0.3 is 10.2 Å². The highest BCUT2D eigenvalue weighted by atomic mass is 79.9. The fraction of sp³-hybridized carbons (Fsp3) is 0.222. The van der Waals surface area contributed by atoms with Crippen molar-refractivity contribution in [2.24, 2.45) is 0 Å². The second-order valence-electron chi connectivity index (χ2n) is 5.50. The molecule has 0 saturated carbocycles. The lowest BCUT2D eigenvalue weighted by Crippen LogP contribution is -2.24. The van der Waals surface area contributed by atoms with Gasteiger partial charge in [-0.05, 0) is 48.4 Å². The second-order valence-corrected chi connectivity index (χ2v) is 6.42. The van der Waals surface area contributed by atoms with Crippen molar-refractivity contribution in [3.05, 3.63) is 64.1 Å². The average molecular weight is 373 g/mol. The van der Waals surface area contributed by atoms with Crippen LogP contribution in [0.3, 0.4) is 0 Å². The van der Waals surface area contributed by atoms with Crippen molar-refractivity contribution in [3.8, 4) is 0 Å². The minimum atomic E-state index is -0.118. The molecule has 5 heteroatoms. The van der Waals surface area contributed by atoms with Gasteiger partial charge in [-0.15, -0.1) is 0 Å². The van der Waals surface area contributed by atoms with Crippen molar-refractivity contribution >= 4 is 33.4 Å². The summed E-state index contributed by atoms with van der Waals surface area (Å²) in [6.07, 6.45) is 1.50. The molecule has 1 saturated heterocycles. The van der Waals surface area contributed by atoms with E-state index in [0.29, 0.717) is 18.5 Å². The molecule has 0 bridgehead atoms. The quantitative estimate of drug-likeness (QED) is 0.892. The van der Waals surface area contributed by atoms with Crippen molar-refractivity contribution in [3.63, 3.8) is 0 Å². The summed E-state index contributed by atoms with van der Waals surface area (Å²) in [7, 11) is 0. The van der Waals surface area contributed by atoms with Crippen LogP contribution in [0.1, 0.15) is 28.8 Å². The van der Waals surface area contributed by atoms with Crippen LogP contribution in [0.15, 0.2) is 53.0 Å². The van der Waals surface area contributed by atoms with Gasteiger partial charge in [-0.25, -0.2) is 0 Å². The zero-order chi connectivity index (χ0) is 16.2. The summed E-state index contributed by atoms with van der Waals surface area (Å²) >= 11 is 3.39. The maximum Gasteiger partial charge on any atom is 0.251 e. The third kappa shape index (κ3) is 3.79. The van der Waals surface area contributed by atoms with Gasteiger partial charge in [0.25, 0.3) is 5.91 Å². The maximum atomic E-state index is 12.2. The molecule has 1 fully saturated rings. The molecule has 0 radical (unpaired) electrons. The molecule has 1 heterocycles. The lowest BCUT2D eigenvalue weighted by atomic mass is 10.1. The molecule has 1 N–H and O–H groups in total. The molecule has 4 nitrogen and oxygen atoms in total. The van der Waals surface area contributed by atoms with Gasteiger partial charge >= 0.3 is 0 Å². The van der Waals surface area contributed by atoms with Gasteiger partial charge in [-0.2, -0.15) is 0 Å². The van der Waals surface area contributed by atoms with Crippen molar-refractivity contribution in [1.82, 2.24) is 5.32 Å². The normalized spacial score (nSPS) is 14.1. The number of rotatable bonds is 4. The van der Waals surface area contributed by atoms with Crippen LogP contribution in [0.2, 0.25) is 0 Å². The minimum Gasteiger partial charge on any atom is -0.348 e. The number of amides is 2. The highest BCUT2D eigenvalue weighted by Gasteiger charge is 2.21. The van der Waals surface area contributed by atoms with Crippen LogP contribution in [0.5, 0.6) is 0 Å². The first-order valence-electron chi connectivity index (χ1n) is 7.56. The molecule has 2 amide bonds. The van der Waals surface area contributed by atoms with E-state index in [1.807, 2.05) is 36.4 Å². The van der Waals surface area contributed by atoms with Gasteiger partial charge in [-0.3, -0.25) is 9.59 Å². The van der Waals surface area contributed by atoms with Gasteiger partial charge in [0.2, 0.25) is 5.91 Å². The first-order valence-corrected chi connectivity index (χ1v) is 8.36. The van der Waals surface area contributed by atoms with E-state index in [1.165, 1.54) is 0 Å². The van der Waals surface area contributed by atoms with Gasteiger partial charge in [0.05, 0.1) is 0 Å². The van der Waals surface area contributed by atoms with Gasteiger partial charge in [0.1, 0.15) is 0 Å². The number of hydrogen-bond donors (Lipinski definition) is 1. The fourth-order valence-electron chi connectivity index (χ4n) is 2.60. The predicted octanol–water partition coefficient (Wildman–Crippen LogP) is 3.51. The smallest absolute Gasteiger partial charge is 0.251 e. The van der Waals surface area contributed by atoms with Crippen LogP contribution >= 0.6 is 15.9 Å². The summed E-state index contributed by atoms with van der Waals surface area (Å²) < 4.78 is 1.01. The fourth-order valence-corrected chi connectivity index (χ4v) is 2.86. The Labute approximate surface area is 143 Å². The Bertz CT molecular complexity index is 711. The van der Waals surface area contributed by atoms with Crippen molar-refractivity contribution < 1.29 is 9.59 Å². The van der Waals surface area contributed by atoms with Crippen molar-refractivity contribution in [2.45, 2.75) is 19.4 Å². The number of nitrogens with one attached hydrogen (secondary N) is 1. The maximum absolute atomic E-state index is 12.2. The molecule has 23 heavy (non-hydrogen) atoms. The molecule has 2 aromatic rings. The third-order valence-corrected chi connectivity index (χ3v) is 4.41. The molecule has 1 aliphatic rings. The first-order chi connectivity index (χ1) is 11.1. The Balaban J connectivity index is 1.61. The first kappa shape index (κ1) is 15.7. The standard InChI is InChI=1S/C18H17BrN2O2/c19-15-7-3-13(4-8-15)12-20-18(23)14-5-9-16(10-6-14)21-11-1-2-17(21)22/h3-10H,1-2,11-12H2,(H,20,23). The van der Waals surface area contributed by atoms with E-state index in [0.717, 1.165) is 28.7 Å². The van der Waals surface area contributed by atoms with Gasteiger partial charge in [0.15, 0.2) is 0 Å². The average Bonchev–Trinajstić information content (AvgIpc) is 3.00. The predicted molar refractivity (Wildman–Crippen MR) is 93.3 cm³/mol. The van der Waals surface area contributed by atoms with E-state index in [9.17, 15) is 9.59 Å². The van der Waals surface area contributed by atoms with Crippen LogP contribution in [0, 0.1) is 0 Å². The molecular weight excluding hydrogens is 356 g/mol. The Morgan fingerprint density at radius 1 is 1.09 bits per heavy atom. The number of carbonyl (C=O) groups is 2. The van der Waals surface area contributed by atoms with Crippen LogP contribution in [0.4, 0.5) is 5.69 Å². The zero-order valence-electron chi connectivity index (χ0n) is 12.6. The Morgan fingerprint density at radius 2 is 1.78 bits per heavy atom. The van der Waals surface area contributed by atoms with E-state index in [-0.39, 0.29) is 11.8 Å². The number of nitrogens with zero attached hydrogens (tertiary/aromatic N) is 1. The molecule has 2 aromatic carbocycles. The van der Waals surface area contributed by atoms with Crippen LogP contribution in [0.25, 0.3) is 0 Å². The largest absolute Gasteiger partial charge is 0.348 e. The summed E-state index contributed by atoms with van der Waals surface area (Å²) in [5, 5.41) is 2.90. The highest BCUT2D eigenvalue weighted by Crippen LogP contribution is 2.21. The number of carbonyl (C=O) groups excluding carboxylic acids is 2. The van der Waals surface area contributed by atoms with E-state index in [2.05, 4.69) is 21.2 Å². The molecule has 0 aliphatic carbocycles. The van der Waals surface area contributed by atoms with E-state index < -0.39 is 0 Å². The number of anilines is 1. The lowest BCUT2D eigenvalue weighted by molar-refractivity contribution is -0.117. The number of halogens is 1. The monoisotopic (exact) mass is 372 g/mol. The summed E-state index contributed by atoms with van der Waals surface area (Å²) in [4.78, 5) is 25.7. The zero-order valence-corrected chi connectivity index (χ0v) is 14.2. The minimum absolute atomic E-state index is 0.118. The van der Waals surface area contributed by atoms with Crippen molar-refractivity contribution in [1.29, 1.82) is 0 Å². The summed E-state index contributed by atoms with van der Waals surface area (Å²) in [5.41, 5.74) is 2.50. The van der Waals surface area contributed by atoms with Crippen LogP contribution < -0.4 is 10.2 Å². The molecule has 0 spiro atoms. The summed E-state index contributed by atoms with van der Waals surface area (Å²) in [6.45, 7) is 1.24. The van der Waals surface area contributed by atoms with Crippen LogP contribution in [-0.4, -0.2) is 18.4 Å². The summed E-state index contributed by atoms with van der Waals surface area (Å²) in [5.74, 6) is 0.0321. The topological polar surface area (TPSA) is 49.4 Å². The molecule has 1 aliphatic heterocycles. The lowest BCUT2D eigenvalue weighted by Gasteiger charge is -2.15. The second kappa shape index (κ2) is 6.96. The summed E-state index contributed by atoms with van der Waals surface area (Å²) in [6, 6.07) is 15.0. The Hall–Kier alpha value is -2.14. The molecule has 118 valence electrons. The third-order valence-electron chi connectivity index (χ3n) is 3.88. The van der Waals surface area contributed by atoms with E-state index in [1.54, 1.807) is 17.0 Å². The molecule has 0 atom stereocenters. The van der Waals surface area contributed by atoms with Crippen LogP contribution in [-0.2, 0) is 11.3 Å². The molecule has 0 unspecified atom stereocenters. The number of hydrogen-bond acceptors (Lipinski definition) is 2. The van der Waals surface area contributed by atoms with E-state index in [4.69, 9.17) is 0 Å². The van der Waals surface area contributed by atoms with Gasteiger partial charge in [-0.1, -0.05) is 28.1 Å². The molecular formula is C18H17BrN2O2. The molecule has 3 rings (SSSR count). The number of benzene rings is 2. The Kier molecular flexibility index (Phi) is 4.76.